The molecule has 0 bridgehead atoms. The fourth-order valence-electron chi connectivity index (χ4n) is 2.38. The van der Waals surface area contributed by atoms with Crippen molar-refractivity contribution < 1.29 is 0 Å². The van der Waals surface area contributed by atoms with E-state index in [4.69, 9.17) is 0 Å². The summed E-state index contributed by atoms with van der Waals surface area (Å²) in [6, 6.07) is 2.19. The molecule has 5 heteroatoms. The molecule has 0 aliphatic heterocycles. The number of rotatable bonds is 4. The first kappa shape index (κ1) is 13.7. The predicted molar refractivity (Wildman–Crippen MR) is 74.7 cm³/mol. The molecule has 0 spiro atoms. The molecule has 0 amide bonds. The van der Waals surface area contributed by atoms with E-state index in [-0.39, 0.29) is 6.04 Å². The SMILES string of the molecule is Cc1nccc(CNC(C)c2c(C)nn(C)c2C)n1. The molecule has 1 atom stereocenters. The van der Waals surface area contributed by atoms with Crippen molar-refractivity contribution in [3.8, 4) is 0 Å². The molecular formula is C14H21N5. The van der Waals surface area contributed by atoms with Gasteiger partial charge in [0.1, 0.15) is 5.82 Å². The van der Waals surface area contributed by atoms with Crippen LogP contribution in [-0.4, -0.2) is 19.7 Å². The maximum absolute atomic E-state index is 4.45. The molecule has 2 heterocycles. The van der Waals surface area contributed by atoms with Gasteiger partial charge in [0.15, 0.2) is 0 Å². The molecule has 5 nitrogen and oxygen atoms in total. The molecule has 0 saturated heterocycles. The average Bonchev–Trinajstić information content (AvgIpc) is 2.61. The third-order valence-electron chi connectivity index (χ3n) is 3.42. The lowest BCUT2D eigenvalue weighted by Crippen LogP contribution is -2.20. The van der Waals surface area contributed by atoms with E-state index < -0.39 is 0 Å². The van der Waals surface area contributed by atoms with Crippen molar-refractivity contribution in [3.05, 3.63) is 40.7 Å². The van der Waals surface area contributed by atoms with E-state index in [0.717, 1.165) is 23.8 Å². The minimum Gasteiger partial charge on any atom is -0.304 e. The lowest BCUT2D eigenvalue weighted by atomic mass is 10.1. The van der Waals surface area contributed by atoms with Gasteiger partial charge in [-0.3, -0.25) is 4.68 Å². The van der Waals surface area contributed by atoms with Gasteiger partial charge < -0.3 is 5.32 Å². The Hall–Kier alpha value is -1.75. The third kappa shape index (κ3) is 2.98. The Kier molecular flexibility index (Phi) is 3.95. The Morgan fingerprint density at radius 1 is 1.32 bits per heavy atom. The van der Waals surface area contributed by atoms with Crippen molar-refractivity contribution in [2.45, 2.75) is 40.3 Å². The maximum Gasteiger partial charge on any atom is 0.125 e. The molecule has 0 aliphatic rings. The summed E-state index contributed by atoms with van der Waals surface area (Å²) in [5.74, 6) is 0.806. The molecule has 0 radical (unpaired) electrons. The second kappa shape index (κ2) is 5.48. The number of aryl methyl sites for hydroxylation is 3. The summed E-state index contributed by atoms with van der Waals surface area (Å²) in [5, 5.41) is 7.95. The molecular weight excluding hydrogens is 238 g/mol. The van der Waals surface area contributed by atoms with Gasteiger partial charge >= 0.3 is 0 Å². The van der Waals surface area contributed by atoms with E-state index in [1.54, 1.807) is 6.20 Å². The Balaban J connectivity index is 2.07. The first-order valence-corrected chi connectivity index (χ1v) is 6.51. The minimum atomic E-state index is 0.254. The molecule has 0 aromatic carbocycles. The number of aromatic nitrogens is 4. The normalized spacial score (nSPS) is 12.7. The molecule has 2 aromatic heterocycles. The molecule has 0 saturated carbocycles. The van der Waals surface area contributed by atoms with Crippen molar-refractivity contribution in [3.63, 3.8) is 0 Å². The summed E-state index contributed by atoms with van der Waals surface area (Å²) in [5.41, 5.74) is 4.57. The lowest BCUT2D eigenvalue weighted by Gasteiger charge is -2.14. The van der Waals surface area contributed by atoms with Crippen molar-refractivity contribution in [2.75, 3.05) is 0 Å². The number of nitrogens with one attached hydrogen (secondary N) is 1. The molecule has 2 aromatic rings. The summed E-state index contributed by atoms with van der Waals surface area (Å²) < 4.78 is 1.93. The van der Waals surface area contributed by atoms with Crippen LogP contribution in [0.15, 0.2) is 12.3 Å². The van der Waals surface area contributed by atoms with Crippen LogP contribution < -0.4 is 5.32 Å². The van der Waals surface area contributed by atoms with Gasteiger partial charge in [0.25, 0.3) is 0 Å². The molecule has 0 fully saturated rings. The van der Waals surface area contributed by atoms with Gasteiger partial charge in [-0.2, -0.15) is 5.10 Å². The average molecular weight is 259 g/mol. The summed E-state index contributed by atoms with van der Waals surface area (Å²) in [6.07, 6.45) is 1.80. The van der Waals surface area contributed by atoms with Crippen LogP contribution in [0.4, 0.5) is 0 Å². The number of hydrogen-bond acceptors (Lipinski definition) is 4. The van der Waals surface area contributed by atoms with Crippen LogP contribution in [0.1, 0.15) is 41.4 Å². The fourth-order valence-corrected chi connectivity index (χ4v) is 2.38. The summed E-state index contributed by atoms with van der Waals surface area (Å²) in [4.78, 5) is 8.50. The van der Waals surface area contributed by atoms with E-state index in [0.29, 0.717) is 0 Å². The van der Waals surface area contributed by atoms with Crippen molar-refractivity contribution >= 4 is 0 Å². The van der Waals surface area contributed by atoms with Gasteiger partial charge in [-0.05, 0) is 33.8 Å². The Labute approximate surface area is 114 Å². The van der Waals surface area contributed by atoms with E-state index >= 15 is 0 Å². The van der Waals surface area contributed by atoms with Gasteiger partial charge in [0, 0.05) is 37.1 Å². The summed E-state index contributed by atoms with van der Waals surface area (Å²) >= 11 is 0. The first-order valence-electron chi connectivity index (χ1n) is 6.51. The number of nitrogens with zero attached hydrogens (tertiary/aromatic N) is 4. The minimum absolute atomic E-state index is 0.254. The standard InChI is InChI=1S/C14H21N5/c1-9(14-10(2)18-19(5)11(14)3)16-8-13-6-7-15-12(4)17-13/h6-7,9,16H,8H2,1-5H3. The monoisotopic (exact) mass is 259 g/mol. The topological polar surface area (TPSA) is 55.6 Å². The highest BCUT2D eigenvalue weighted by atomic mass is 15.3. The van der Waals surface area contributed by atoms with E-state index in [9.17, 15) is 0 Å². The van der Waals surface area contributed by atoms with Crippen LogP contribution in [0.2, 0.25) is 0 Å². The molecule has 1 unspecified atom stereocenters. The highest BCUT2D eigenvalue weighted by Gasteiger charge is 2.15. The van der Waals surface area contributed by atoms with Crippen LogP contribution >= 0.6 is 0 Å². The summed E-state index contributed by atoms with van der Waals surface area (Å²) in [6.45, 7) is 8.95. The molecule has 1 N–H and O–H groups in total. The predicted octanol–water partition coefficient (Wildman–Crippen LogP) is 1.99. The highest BCUT2D eigenvalue weighted by Crippen LogP contribution is 2.20. The van der Waals surface area contributed by atoms with Gasteiger partial charge in [0.05, 0.1) is 11.4 Å². The molecule has 2 rings (SSSR count). The summed E-state index contributed by atoms with van der Waals surface area (Å²) in [7, 11) is 1.98. The van der Waals surface area contributed by atoms with Crippen LogP contribution in [0.25, 0.3) is 0 Å². The molecule has 102 valence electrons. The Bertz CT molecular complexity index is 573. The first-order chi connectivity index (χ1) is 8.99. The zero-order valence-electron chi connectivity index (χ0n) is 12.2. The van der Waals surface area contributed by atoms with Crippen molar-refractivity contribution in [1.29, 1.82) is 0 Å². The molecule has 0 aliphatic carbocycles. The second-order valence-electron chi connectivity index (χ2n) is 4.91. The van der Waals surface area contributed by atoms with E-state index in [1.807, 2.05) is 24.7 Å². The van der Waals surface area contributed by atoms with E-state index in [1.165, 1.54) is 11.3 Å². The van der Waals surface area contributed by atoms with Crippen LogP contribution in [0.5, 0.6) is 0 Å². The second-order valence-corrected chi connectivity index (χ2v) is 4.91. The molecule has 19 heavy (non-hydrogen) atoms. The van der Waals surface area contributed by atoms with E-state index in [2.05, 4.69) is 41.2 Å². The van der Waals surface area contributed by atoms with Crippen molar-refractivity contribution in [1.82, 2.24) is 25.1 Å². The van der Waals surface area contributed by atoms with Crippen molar-refractivity contribution in [2.24, 2.45) is 7.05 Å². The van der Waals surface area contributed by atoms with Gasteiger partial charge in [-0.15, -0.1) is 0 Å². The van der Waals surface area contributed by atoms with Crippen LogP contribution in [0, 0.1) is 20.8 Å². The van der Waals surface area contributed by atoms with Gasteiger partial charge in [0.2, 0.25) is 0 Å². The van der Waals surface area contributed by atoms with Crippen LogP contribution in [-0.2, 0) is 13.6 Å². The zero-order chi connectivity index (χ0) is 14.0. The highest BCUT2D eigenvalue weighted by molar-refractivity contribution is 5.27. The fraction of sp³-hybridized carbons (Fsp3) is 0.500. The smallest absolute Gasteiger partial charge is 0.125 e. The van der Waals surface area contributed by atoms with Crippen LogP contribution in [0.3, 0.4) is 0 Å². The maximum atomic E-state index is 4.45. The number of hydrogen-bond donors (Lipinski definition) is 1. The third-order valence-corrected chi connectivity index (χ3v) is 3.42. The quantitative estimate of drug-likeness (QED) is 0.912. The zero-order valence-corrected chi connectivity index (χ0v) is 12.2. The largest absolute Gasteiger partial charge is 0.304 e. The lowest BCUT2D eigenvalue weighted by molar-refractivity contribution is 0.560. The van der Waals surface area contributed by atoms with Gasteiger partial charge in [-0.1, -0.05) is 0 Å². The Morgan fingerprint density at radius 3 is 2.63 bits per heavy atom. The Morgan fingerprint density at radius 2 is 2.05 bits per heavy atom. The van der Waals surface area contributed by atoms with Gasteiger partial charge in [-0.25, -0.2) is 9.97 Å².